The molecule has 0 aliphatic carbocycles. The van der Waals surface area contributed by atoms with Gasteiger partial charge in [-0.2, -0.15) is 5.10 Å². The zero-order valence-corrected chi connectivity index (χ0v) is 10.2. The van der Waals surface area contributed by atoms with E-state index in [4.69, 9.17) is 11.6 Å². The molecular weight excluding hydrogens is 226 g/mol. The molecular formula is C11H14ClN3O. The van der Waals surface area contributed by atoms with Gasteiger partial charge in [-0.15, -0.1) is 0 Å². The predicted octanol–water partition coefficient (Wildman–Crippen LogP) is 1.88. The Balaban J connectivity index is 2.83. The monoisotopic (exact) mass is 239 g/mol. The Morgan fingerprint density at radius 3 is 2.69 bits per heavy atom. The van der Waals surface area contributed by atoms with Crippen molar-refractivity contribution in [3.05, 3.63) is 28.8 Å². The van der Waals surface area contributed by atoms with Crippen LogP contribution < -0.4 is 10.3 Å². The van der Waals surface area contributed by atoms with Crippen LogP contribution in [-0.2, 0) is 4.79 Å². The molecule has 0 radical (unpaired) electrons. The summed E-state index contributed by atoms with van der Waals surface area (Å²) in [6, 6.07) is 5.63. The number of halogens is 1. The van der Waals surface area contributed by atoms with Crippen LogP contribution in [0.1, 0.15) is 12.5 Å². The van der Waals surface area contributed by atoms with Crippen LogP contribution >= 0.6 is 11.6 Å². The maximum atomic E-state index is 10.6. The summed E-state index contributed by atoms with van der Waals surface area (Å²) in [5.74, 6) is -0.211. The van der Waals surface area contributed by atoms with Crippen LogP contribution in [-0.4, -0.2) is 26.2 Å². The molecule has 4 nitrogen and oxygen atoms in total. The van der Waals surface area contributed by atoms with E-state index < -0.39 is 0 Å². The maximum absolute atomic E-state index is 10.6. The lowest BCUT2D eigenvalue weighted by atomic mass is 10.2. The molecule has 0 aromatic heterocycles. The number of benzene rings is 1. The number of hydrazone groups is 1. The summed E-state index contributed by atoms with van der Waals surface area (Å²) in [7, 11) is 3.88. The summed E-state index contributed by atoms with van der Waals surface area (Å²) in [5, 5.41) is 4.35. The molecule has 86 valence electrons. The third-order valence-corrected chi connectivity index (χ3v) is 2.25. The van der Waals surface area contributed by atoms with Crippen molar-refractivity contribution in [3.8, 4) is 0 Å². The fourth-order valence-corrected chi connectivity index (χ4v) is 1.32. The molecule has 16 heavy (non-hydrogen) atoms. The lowest BCUT2D eigenvalue weighted by Gasteiger charge is -2.12. The van der Waals surface area contributed by atoms with E-state index in [0.29, 0.717) is 5.02 Å². The largest absolute Gasteiger partial charge is 0.378 e. The summed E-state index contributed by atoms with van der Waals surface area (Å²) in [6.45, 7) is 1.40. The average molecular weight is 240 g/mol. The van der Waals surface area contributed by atoms with Crippen molar-refractivity contribution in [2.24, 2.45) is 5.10 Å². The number of carbonyl (C=O) groups is 1. The lowest BCUT2D eigenvalue weighted by Crippen LogP contribution is -2.12. The van der Waals surface area contributed by atoms with Gasteiger partial charge in [0.05, 0.1) is 11.2 Å². The van der Waals surface area contributed by atoms with Crippen molar-refractivity contribution in [3.63, 3.8) is 0 Å². The van der Waals surface area contributed by atoms with Gasteiger partial charge in [-0.25, -0.2) is 5.43 Å². The number of carbonyl (C=O) groups excluding carboxylic acids is 1. The van der Waals surface area contributed by atoms with Crippen molar-refractivity contribution in [1.29, 1.82) is 0 Å². The highest BCUT2D eigenvalue weighted by Gasteiger charge is 2.01. The van der Waals surface area contributed by atoms with E-state index >= 15 is 0 Å². The average Bonchev–Trinajstić information content (AvgIpc) is 2.19. The van der Waals surface area contributed by atoms with Gasteiger partial charge >= 0.3 is 0 Å². The van der Waals surface area contributed by atoms with Crippen molar-refractivity contribution in [2.45, 2.75) is 6.92 Å². The van der Waals surface area contributed by atoms with E-state index in [1.165, 1.54) is 13.1 Å². The molecule has 0 fully saturated rings. The third kappa shape index (κ3) is 3.55. The number of amides is 1. The van der Waals surface area contributed by atoms with E-state index in [1.54, 1.807) is 0 Å². The molecule has 0 bridgehead atoms. The van der Waals surface area contributed by atoms with Gasteiger partial charge in [0, 0.05) is 32.3 Å². The lowest BCUT2D eigenvalue weighted by molar-refractivity contribution is -0.118. The van der Waals surface area contributed by atoms with E-state index in [2.05, 4.69) is 10.5 Å². The normalized spacial score (nSPS) is 10.5. The first-order valence-corrected chi connectivity index (χ1v) is 5.15. The molecule has 0 aliphatic rings. The Labute approximate surface area is 99.9 Å². The van der Waals surface area contributed by atoms with Crippen LogP contribution in [0.5, 0.6) is 0 Å². The molecule has 0 heterocycles. The van der Waals surface area contributed by atoms with Crippen LogP contribution in [0.15, 0.2) is 23.3 Å². The number of anilines is 1. The third-order valence-electron chi connectivity index (χ3n) is 1.93. The second-order valence-electron chi connectivity index (χ2n) is 3.53. The van der Waals surface area contributed by atoms with Gasteiger partial charge in [-0.05, 0) is 18.2 Å². The topological polar surface area (TPSA) is 44.7 Å². The van der Waals surface area contributed by atoms with Gasteiger partial charge in [-0.3, -0.25) is 4.79 Å². The van der Waals surface area contributed by atoms with Crippen LogP contribution in [0.3, 0.4) is 0 Å². The molecule has 1 N–H and O–H groups in total. The zero-order chi connectivity index (χ0) is 12.1. The first kappa shape index (κ1) is 12.5. The number of hydrogen-bond acceptors (Lipinski definition) is 3. The molecule has 1 aromatic carbocycles. The summed E-state index contributed by atoms with van der Waals surface area (Å²) >= 11 is 6.06. The minimum Gasteiger partial charge on any atom is -0.378 e. The van der Waals surface area contributed by atoms with Gasteiger partial charge in [-0.1, -0.05) is 11.6 Å². The molecule has 1 amide bonds. The van der Waals surface area contributed by atoms with Gasteiger partial charge in [0.15, 0.2) is 0 Å². The fourth-order valence-electron chi connectivity index (χ4n) is 1.09. The summed E-state index contributed by atoms with van der Waals surface area (Å²) in [6.07, 6.45) is 1.52. The quantitative estimate of drug-likeness (QED) is 0.647. The summed E-state index contributed by atoms with van der Waals surface area (Å²) < 4.78 is 0. The van der Waals surface area contributed by atoms with Crippen LogP contribution in [0.4, 0.5) is 5.69 Å². The Hall–Kier alpha value is -1.55. The van der Waals surface area contributed by atoms with E-state index in [9.17, 15) is 4.79 Å². The number of rotatable bonds is 3. The van der Waals surface area contributed by atoms with E-state index in [-0.39, 0.29) is 5.91 Å². The predicted molar refractivity (Wildman–Crippen MR) is 67.2 cm³/mol. The van der Waals surface area contributed by atoms with Gasteiger partial charge in [0.2, 0.25) is 5.91 Å². The highest BCUT2D eigenvalue weighted by atomic mass is 35.5. The molecule has 1 rings (SSSR count). The Kier molecular flexibility index (Phi) is 4.31. The molecule has 0 saturated carbocycles. The minimum absolute atomic E-state index is 0.211. The highest BCUT2D eigenvalue weighted by molar-refractivity contribution is 6.33. The number of nitrogens with zero attached hydrogens (tertiary/aromatic N) is 2. The van der Waals surface area contributed by atoms with Crippen molar-refractivity contribution in [1.82, 2.24) is 5.43 Å². The molecule has 0 aliphatic heterocycles. The fraction of sp³-hybridized carbons (Fsp3) is 0.273. The molecule has 0 saturated heterocycles. The summed E-state index contributed by atoms with van der Waals surface area (Å²) in [5.41, 5.74) is 4.10. The van der Waals surface area contributed by atoms with Gasteiger partial charge < -0.3 is 4.90 Å². The number of hydrogen-bond donors (Lipinski definition) is 1. The zero-order valence-electron chi connectivity index (χ0n) is 9.49. The first-order chi connectivity index (χ1) is 7.50. The highest BCUT2D eigenvalue weighted by Crippen LogP contribution is 2.21. The molecule has 0 spiro atoms. The van der Waals surface area contributed by atoms with Crippen molar-refractivity contribution >= 4 is 29.4 Å². The SMILES string of the molecule is CC(=O)N/N=C\c1ccc(N(C)C)cc1Cl. The standard InChI is InChI=1S/C11H14ClN3O/c1-8(16)14-13-7-9-4-5-10(15(2)3)6-11(9)12/h4-7H,1-3H3,(H,14,16)/b13-7-. The number of nitrogens with one attached hydrogen (secondary N) is 1. The second kappa shape index (κ2) is 5.51. The molecule has 0 atom stereocenters. The van der Waals surface area contributed by atoms with Gasteiger partial charge in [0.1, 0.15) is 0 Å². The summed E-state index contributed by atoms with van der Waals surface area (Å²) in [4.78, 5) is 12.6. The van der Waals surface area contributed by atoms with E-state index in [1.807, 2.05) is 37.2 Å². The van der Waals surface area contributed by atoms with Gasteiger partial charge in [0.25, 0.3) is 0 Å². The first-order valence-electron chi connectivity index (χ1n) is 4.77. The molecule has 0 unspecified atom stereocenters. The Morgan fingerprint density at radius 1 is 1.50 bits per heavy atom. The van der Waals surface area contributed by atoms with Crippen LogP contribution in [0.25, 0.3) is 0 Å². The van der Waals surface area contributed by atoms with E-state index in [0.717, 1.165) is 11.3 Å². The second-order valence-corrected chi connectivity index (χ2v) is 3.93. The Morgan fingerprint density at radius 2 is 2.19 bits per heavy atom. The van der Waals surface area contributed by atoms with Crippen molar-refractivity contribution < 1.29 is 4.79 Å². The van der Waals surface area contributed by atoms with Crippen LogP contribution in [0, 0.1) is 0 Å². The van der Waals surface area contributed by atoms with Crippen LogP contribution in [0.2, 0.25) is 5.02 Å². The molecule has 1 aromatic rings. The minimum atomic E-state index is -0.211. The smallest absolute Gasteiger partial charge is 0.236 e. The molecule has 5 heteroatoms. The maximum Gasteiger partial charge on any atom is 0.236 e. The Bertz CT molecular complexity index is 416. The van der Waals surface area contributed by atoms with Crippen molar-refractivity contribution in [2.75, 3.05) is 19.0 Å².